The van der Waals surface area contributed by atoms with Crippen LogP contribution < -0.4 is 10.5 Å². The smallest absolute Gasteiger partial charge is 0.411 e. The van der Waals surface area contributed by atoms with Crippen LogP contribution in [0.2, 0.25) is 0 Å². The zero-order chi connectivity index (χ0) is 13.8. The SMILES string of the molecule is CCC(C)OC(=O)Nc1ccc(S(N)(=O)=O)cc1. The molecule has 3 N–H and O–H groups in total. The standard InChI is InChI=1S/C11H16N2O4S/c1-3-8(2)17-11(14)13-9-4-6-10(7-5-9)18(12,15)16/h4-8H,3H2,1-2H3,(H,13,14)(H2,12,15,16). The Labute approximate surface area is 106 Å². The summed E-state index contributed by atoms with van der Waals surface area (Å²) in [4.78, 5) is 11.4. The highest BCUT2D eigenvalue weighted by Crippen LogP contribution is 2.13. The number of benzene rings is 1. The zero-order valence-corrected chi connectivity index (χ0v) is 11.0. The highest BCUT2D eigenvalue weighted by Gasteiger charge is 2.10. The minimum Gasteiger partial charge on any atom is -0.446 e. The summed E-state index contributed by atoms with van der Waals surface area (Å²) in [5, 5.41) is 7.44. The number of amides is 1. The average molecular weight is 272 g/mol. The second kappa shape index (κ2) is 5.83. The molecule has 6 nitrogen and oxygen atoms in total. The number of nitrogens with one attached hydrogen (secondary N) is 1. The third-order valence-electron chi connectivity index (χ3n) is 2.31. The molecule has 100 valence electrons. The molecular formula is C11H16N2O4S. The maximum atomic E-state index is 11.4. The van der Waals surface area contributed by atoms with E-state index in [0.29, 0.717) is 5.69 Å². The Morgan fingerprint density at radius 3 is 2.39 bits per heavy atom. The Morgan fingerprint density at radius 2 is 1.94 bits per heavy atom. The molecule has 0 aromatic heterocycles. The Hall–Kier alpha value is -1.60. The van der Waals surface area contributed by atoms with Crippen LogP contribution in [0, 0.1) is 0 Å². The number of rotatable bonds is 4. The zero-order valence-electron chi connectivity index (χ0n) is 10.2. The van der Waals surface area contributed by atoms with Gasteiger partial charge in [-0.15, -0.1) is 0 Å². The van der Waals surface area contributed by atoms with E-state index in [0.717, 1.165) is 6.42 Å². The average Bonchev–Trinajstić information content (AvgIpc) is 2.28. The van der Waals surface area contributed by atoms with E-state index in [-0.39, 0.29) is 11.0 Å². The van der Waals surface area contributed by atoms with Crippen LogP contribution in [0.1, 0.15) is 20.3 Å². The quantitative estimate of drug-likeness (QED) is 0.871. The van der Waals surface area contributed by atoms with Crippen LogP contribution in [0.4, 0.5) is 10.5 Å². The molecule has 0 spiro atoms. The van der Waals surface area contributed by atoms with Gasteiger partial charge in [0.2, 0.25) is 10.0 Å². The van der Waals surface area contributed by atoms with Crippen molar-refractivity contribution in [3.05, 3.63) is 24.3 Å². The van der Waals surface area contributed by atoms with E-state index in [1.54, 1.807) is 6.92 Å². The normalized spacial score (nSPS) is 12.8. The molecule has 7 heteroatoms. The predicted octanol–water partition coefficient (Wildman–Crippen LogP) is 1.68. The van der Waals surface area contributed by atoms with Crippen LogP contribution in [-0.2, 0) is 14.8 Å². The Bertz CT molecular complexity index is 510. The summed E-state index contributed by atoms with van der Waals surface area (Å²) in [6, 6.07) is 5.51. The number of primary sulfonamides is 1. The minimum atomic E-state index is -3.71. The fourth-order valence-electron chi connectivity index (χ4n) is 1.14. The summed E-state index contributed by atoms with van der Waals surface area (Å²) in [7, 11) is -3.71. The predicted molar refractivity (Wildman–Crippen MR) is 67.7 cm³/mol. The second-order valence-electron chi connectivity index (χ2n) is 3.82. The van der Waals surface area contributed by atoms with Crippen molar-refractivity contribution < 1.29 is 17.9 Å². The molecule has 0 radical (unpaired) electrons. The van der Waals surface area contributed by atoms with Gasteiger partial charge in [0.25, 0.3) is 0 Å². The third-order valence-corrected chi connectivity index (χ3v) is 3.24. The van der Waals surface area contributed by atoms with Crippen LogP contribution in [0.25, 0.3) is 0 Å². The molecule has 1 rings (SSSR count). The van der Waals surface area contributed by atoms with Gasteiger partial charge in [0.15, 0.2) is 0 Å². The lowest BCUT2D eigenvalue weighted by Gasteiger charge is -2.11. The first-order valence-electron chi connectivity index (χ1n) is 5.43. The van der Waals surface area contributed by atoms with E-state index in [1.807, 2.05) is 6.92 Å². The first kappa shape index (κ1) is 14.5. The van der Waals surface area contributed by atoms with Gasteiger partial charge in [0.1, 0.15) is 6.10 Å². The van der Waals surface area contributed by atoms with E-state index < -0.39 is 16.1 Å². The molecule has 0 aliphatic rings. The lowest BCUT2D eigenvalue weighted by molar-refractivity contribution is 0.118. The van der Waals surface area contributed by atoms with Gasteiger partial charge in [-0.25, -0.2) is 18.4 Å². The number of anilines is 1. The molecule has 1 unspecified atom stereocenters. The molecule has 1 atom stereocenters. The number of sulfonamides is 1. The fourth-order valence-corrected chi connectivity index (χ4v) is 1.66. The number of carbonyl (C=O) groups excluding carboxylic acids is 1. The first-order valence-corrected chi connectivity index (χ1v) is 6.98. The van der Waals surface area contributed by atoms with Crippen molar-refractivity contribution in [3.8, 4) is 0 Å². The lowest BCUT2D eigenvalue weighted by Crippen LogP contribution is -2.19. The van der Waals surface area contributed by atoms with Crippen molar-refractivity contribution >= 4 is 21.8 Å². The fraction of sp³-hybridized carbons (Fsp3) is 0.364. The van der Waals surface area contributed by atoms with Crippen LogP contribution in [0.5, 0.6) is 0 Å². The third kappa shape index (κ3) is 4.34. The molecule has 1 aromatic carbocycles. The van der Waals surface area contributed by atoms with Crippen molar-refractivity contribution in [1.29, 1.82) is 0 Å². The van der Waals surface area contributed by atoms with Crippen molar-refractivity contribution in [2.24, 2.45) is 5.14 Å². The molecule has 0 saturated heterocycles. The molecule has 0 aliphatic heterocycles. The van der Waals surface area contributed by atoms with Gasteiger partial charge in [0, 0.05) is 5.69 Å². The summed E-state index contributed by atoms with van der Waals surface area (Å²) in [5.41, 5.74) is 0.440. The summed E-state index contributed by atoms with van der Waals surface area (Å²) in [6.07, 6.45) is -0.0287. The minimum absolute atomic E-state index is 0.0108. The molecule has 0 aliphatic carbocycles. The molecule has 0 saturated carbocycles. The van der Waals surface area contributed by atoms with Gasteiger partial charge in [-0.3, -0.25) is 5.32 Å². The van der Waals surface area contributed by atoms with E-state index in [4.69, 9.17) is 9.88 Å². The lowest BCUT2D eigenvalue weighted by atomic mass is 10.3. The molecule has 0 heterocycles. The molecular weight excluding hydrogens is 256 g/mol. The van der Waals surface area contributed by atoms with Gasteiger partial charge >= 0.3 is 6.09 Å². The largest absolute Gasteiger partial charge is 0.446 e. The van der Waals surface area contributed by atoms with Crippen molar-refractivity contribution in [2.45, 2.75) is 31.3 Å². The summed E-state index contributed by atoms with van der Waals surface area (Å²) in [6.45, 7) is 3.68. The molecule has 1 aromatic rings. The molecule has 0 bridgehead atoms. The number of ether oxygens (including phenoxy) is 1. The monoisotopic (exact) mass is 272 g/mol. The van der Waals surface area contributed by atoms with Crippen molar-refractivity contribution in [3.63, 3.8) is 0 Å². The topological polar surface area (TPSA) is 98.5 Å². The molecule has 0 fully saturated rings. The van der Waals surface area contributed by atoms with Crippen LogP contribution >= 0.6 is 0 Å². The number of nitrogens with two attached hydrogens (primary N) is 1. The first-order chi connectivity index (χ1) is 8.32. The molecule has 1 amide bonds. The van der Waals surface area contributed by atoms with Crippen LogP contribution in [0.3, 0.4) is 0 Å². The Kier molecular flexibility index (Phi) is 4.69. The van der Waals surface area contributed by atoms with E-state index in [9.17, 15) is 13.2 Å². The van der Waals surface area contributed by atoms with Gasteiger partial charge in [-0.1, -0.05) is 6.92 Å². The van der Waals surface area contributed by atoms with Gasteiger partial charge < -0.3 is 4.74 Å². The van der Waals surface area contributed by atoms with Crippen LogP contribution in [-0.4, -0.2) is 20.6 Å². The maximum absolute atomic E-state index is 11.4. The highest BCUT2D eigenvalue weighted by atomic mass is 32.2. The van der Waals surface area contributed by atoms with Gasteiger partial charge in [-0.05, 0) is 37.6 Å². The van der Waals surface area contributed by atoms with Crippen molar-refractivity contribution in [2.75, 3.05) is 5.32 Å². The number of hydrogen-bond donors (Lipinski definition) is 2. The van der Waals surface area contributed by atoms with Crippen molar-refractivity contribution in [1.82, 2.24) is 0 Å². The number of carbonyl (C=O) groups is 1. The van der Waals surface area contributed by atoms with Gasteiger partial charge in [-0.2, -0.15) is 0 Å². The Morgan fingerprint density at radius 1 is 1.39 bits per heavy atom. The van der Waals surface area contributed by atoms with Gasteiger partial charge in [0.05, 0.1) is 4.90 Å². The van der Waals surface area contributed by atoms with E-state index in [1.165, 1.54) is 24.3 Å². The maximum Gasteiger partial charge on any atom is 0.411 e. The summed E-state index contributed by atoms with van der Waals surface area (Å²) >= 11 is 0. The summed E-state index contributed by atoms with van der Waals surface area (Å²) < 4.78 is 27.0. The highest BCUT2D eigenvalue weighted by molar-refractivity contribution is 7.89. The summed E-state index contributed by atoms with van der Waals surface area (Å²) in [5.74, 6) is 0. The van der Waals surface area contributed by atoms with E-state index in [2.05, 4.69) is 5.32 Å². The Balaban J connectivity index is 2.67. The van der Waals surface area contributed by atoms with E-state index >= 15 is 0 Å². The second-order valence-corrected chi connectivity index (χ2v) is 5.38. The van der Waals surface area contributed by atoms with Crippen LogP contribution in [0.15, 0.2) is 29.2 Å². The number of hydrogen-bond acceptors (Lipinski definition) is 4. The molecule has 18 heavy (non-hydrogen) atoms.